The first kappa shape index (κ1) is 14.2. The van der Waals surface area contributed by atoms with Crippen LogP contribution in [0.4, 0.5) is 0 Å². The zero-order chi connectivity index (χ0) is 14.5. The van der Waals surface area contributed by atoms with E-state index in [4.69, 9.17) is 0 Å². The van der Waals surface area contributed by atoms with Gasteiger partial charge in [-0.3, -0.25) is 9.78 Å². The third kappa shape index (κ3) is 3.67. The third-order valence-corrected chi connectivity index (χ3v) is 4.69. The maximum Gasteiger partial charge on any atom is 0.228 e. The van der Waals surface area contributed by atoms with Crippen molar-refractivity contribution in [2.75, 3.05) is 13.1 Å². The van der Waals surface area contributed by atoms with Gasteiger partial charge >= 0.3 is 0 Å². The van der Waals surface area contributed by atoms with Gasteiger partial charge in [-0.05, 0) is 25.0 Å². The van der Waals surface area contributed by atoms with Crippen LogP contribution in [-0.2, 0) is 11.2 Å². The molecule has 0 N–H and O–H groups in total. The molecule has 0 bridgehead atoms. The van der Waals surface area contributed by atoms with E-state index in [0.717, 1.165) is 42.2 Å². The van der Waals surface area contributed by atoms with Crippen molar-refractivity contribution < 1.29 is 4.79 Å². The largest absolute Gasteiger partial charge is 0.342 e. The van der Waals surface area contributed by atoms with Crippen molar-refractivity contribution in [2.24, 2.45) is 0 Å². The van der Waals surface area contributed by atoms with Crippen LogP contribution in [0, 0.1) is 0 Å². The molecule has 0 aliphatic carbocycles. The average Bonchev–Trinajstić information content (AvgIpc) is 2.81. The van der Waals surface area contributed by atoms with E-state index in [1.807, 2.05) is 22.4 Å². The summed E-state index contributed by atoms with van der Waals surface area (Å²) in [5.74, 6) is 0.208. The van der Waals surface area contributed by atoms with Crippen molar-refractivity contribution in [1.29, 1.82) is 0 Å². The number of carbonyl (C=O) groups is 1. The van der Waals surface area contributed by atoms with E-state index >= 15 is 0 Å². The van der Waals surface area contributed by atoms with Gasteiger partial charge in [0.15, 0.2) is 0 Å². The lowest BCUT2D eigenvalue weighted by Crippen LogP contribution is -2.33. The summed E-state index contributed by atoms with van der Waals surface area (Å²) < 4.78 is 0. The van der Waals surface area contributed by atoms with Crippen LogP contribution in [0.15, 0.2) is 29.9 Å². The maximum atomic E-state index is 12.3. The van der Waals surface area contributed by atoms with Gasteiger partial charge < -0.3 is 4.90 Å². The van der Waals surface area contributed by atoms with Crippen molar-refractivity contribution in [1.82, 2.24) is 14.9 Å². The zero-order valence-corrected chi connectivity index (χ0v) is 12.8. The lowest BCUT2D eigenvalue weighted by atomic mass is 10.2. The molecule has 1 fully saturated rings. The number of carbonyl (C=O) groups excluding carboxylic acids is 1. The molecule has 0 saturated carbocycles. The van der Waals surface area contributed by atoms with Crippen LogP contribution in [0.1, 0.15) is 31.4 Å². The van der Waals surface area contributed by atoms with Gasteiger partial charge in [0.2, 0.25) is 5.91 Å². The Morgan fingerprint density at radius 1 is 1.24 bits per heavy atom. The lowest BCUT2D eigenvalue weighted by molar-refractivity contribution is -0.130. The molecule has 5 heteroatoms. The molecule has 0 spiro atoms. The monoisotopic (exact) mass is 301 g/mol. The number of hydrogen-bond acceptors (Lipinski definition) is 4. The molecule has 21 heavy (non-hydrogen) atoms. The topological polar surface area (TPSA) is 46.1 Å². The minimum atomic E-state index is 0.208. The van der Waals surface area contributed by atoms with E-state index in [0.29, 0.717) is 6.42 Å². The number of likely N-dealkylation sites (tertiary alicyclic amines) is 1. The summed E-state index contributed by atoms with van der Waals surface area (Å²) in [5, 5.41) is 2.92. The Morgan fingerprint density at radius 3 is 2.76 bits per heavy atom. The Morgan fingerprint density at radius 2 is 2.05 bits per heavy atom. The molecule has 0 radical (unpaired) electrons. The Kier molecular flexibility index (Phi) is 4.60. The zero-order valence-electron chi connectivity index (χ0n) is 12.0. The molecule has 1 aliphatic heterocycles. The molecule has 3 heterocycles. The van der Waals surface area contributed by atoms with E-state index in [-0.39, 0.29) is 5.91 Å². The highest BCUT2D eigenvalue weighted by Crippen LogP contribution is 2.23. The van der Waals surface area contributed by atoms with Crippen LogP contribution in [0.5, 0.6) is 0 Å². The number of amides is 1. The summed E-state index contributed by atoms with van der Waals surface area (Å²) in [4.78, 5) is 23.0. The molecular formula is C16H19N3OS. The molecule has 1 aliphatic rings. The molecular weight excluding hydrogens is 282 g/mol. The summed E-state index contributed by atoms with van der Waals surface area (Å²) in [5.41, 5.74) is 1.88. The van der Waals surface area contributed by atoms with Crippen molar-refractivity contribution in [3.8, 4) is 10.6 Å². The average molecular weight is 301 g/mol. The van der Waals surface area contributed by atoms with Gasteiger partial charge in [-0.2, -0.15) is 0 Å². The Labute approximate surface area is 128 Å². The van der Waals surface area contributed by atoms with Gasteiger partial charge in [0, 0.05) is 36.4 Å². The third-order valence-electron chi connectivity index (χ3n) is 3.75. The highest BCUT2D eigenvalue weighted by Gasteiger charge is 2.17. The molecule has 0 unspecified atom stereocenters. The van der Waals surface area contributed by atoms with E-state index in [1.54, 1.807) is 23.7 Å². The van der Waals surface area contributed by atoms with E-state index in [9.17, 15) is 4.79 Å². The van der Waals surface area contributed by atoms with Gasteiger partial charge in [0.05, 0.1) is 12.1 Å². The van der Waals surface area contributed by atoms with Crippen molar-refractivity contribution in [2.45, 2.75) is 32.1 Å². The predicted molar refractivity (Wildman–Crippen MR) is 84.1 cm³/mol. The summed E-state index contributed by atoms with van der Waals surface area (Å²) in [6.45, 7) is 1.80. The van der Waals surface area contributed by atoms with Crippen LogP contribution < -0.4 is 0 Å². The van der Waals surface area contributed by atoms with Crippen LogP contribution in [0.25, 0.3) is 10.6 Å². The van der Waals surface area contributed by atoms with E-state index < -0.39 is 0 Å². The van der Waals surface area contributed by atoms with Gasteiger partial charge in [-0.1, -0.05) is 12.8 Å². The van der Waals surface area contributed by atoms with Crippen LogP contribution in [0.3, 0.4) is 0 Å². The Hall–Kier alpha value is -1.75. The molecule has 2 aromatic heterocycles. The summed E-state index contributed by atoms with van der Waals surface area (Å²) in [6, 6.07) is 3.89. The number of rotatable bonds is 3. The molecule has 1 amide bonds. The van der Waals surface area contributed by atoms with Crippen LogP contribution >= 0.6 is 11.3 Å². The van der Waals surface area contributed by atoms with Gasteiger partial charge in [0.1, 0.15) is 5.01 Å². The number of thiazole rings is 1. The normalized spacial score (nSPS) is 15.7. The lowest BCUT2D eigenvalue weighted by Gasteiger charge is -2.19. The molecule has 3 rings (SSSR count). The van der Waals surface area contributed by atoms with Crippen molar-refractivity contribution in [3.05, 3.63) is 35.6 Å². The smallest absolute Gasteiger partial charge is 0.228 e. The summed E-state index contributed by atoms with van der Waals surface area (Å²) in [7, 11) is 0. The van der Waals surface area contributed by atoms with Crippen LogP contribution in [0.2, 0.25) is 0 Å². The molecule has 110 valence electrons. The maximum absolute atomic E-state index is 12.3. The number of hydrogen-bond donors (Lipinski definition) is 0. The Balaban J connectivity index is 1.65. The molecule has 1 saturated heterocycles. The standard InChI is InChI=1S/C16H19N3OS/c20-15(19-8-3-1-2-4-9-19)10-14-12-21-16(18-14)13-6-5-7-17-11-13/h5-7,11-12H,1-4,8-10H2. The minimum absolute atomic E-state index is 0.208. The first-order valence-electron chi connectivity index (χ1n) is 7.45. The number of pyridine rings is 1. The van der Waals surface area contributed by atoms with Crippen molar-refractivity contribution >= 4 is 17.2 Å². The van der Waals surface area contributed by atoms with Crippen LogP contribution in [-0.4, -0.2) is 33.9 Å². The van der Waals surface area contributed by atoms with Gasteiger partial charge in [-0.25, -0.2) is 4.98 Å². The summed E-state index contributed by atoms with van der Waals surface area (Å²) in [6.07, 6.45) is 8.71. The fraction of sp³-hybridized carbons (Fsp3) is 0.438. The number of aromatic nitrogens is 2. The van der Waals surface area contributed by atoms with Crippen molar-refractivity contribution in [3.63, 3.8) is 0 Å². The minimum Gasteiger partial charge on any atom is -0.342 e. The van der Waals surface area contributed by atoms with E-state index in [2.05, 4.69) is 9.97 Å². The number of nitrogens with zero attached hydrogens (tertiary/aromatic N) is 3. The second-order valence-corrected chi connectivity index (χ2v) is 6.22. The fourth-order valence-electron chi connectivity index (χ4n) is 2.60. The quantitative estimate of drug-likeness (QED) is 0.875. The summed E-state index contributed by atoms with van der Waals surface area (Å²) >= 11 is 1.57. The first-order chi connectivity index (χ1) is 10.3. The second-order valence-electron chi connectivity index (χ2n) is 5.36. The Bertz CT molecular complexity index is 589. The van der Waals surface area contributed by atoms with Gasteiger partial charge in [-0.15, -0.1) is 11.3 Å². The molecule has 4 nitrogen and oxygen atoms in total. The molecule has 2 aromatic rings. The highest BCUT2D eigenvalue weighted by molar-refractivity contribution is 7.13. The molecule has 0 atom stereocenters. The SMILES string of the molecule is O=C(Cc1csc(-c2cccnc2)n1)N1CCCCCC1. The highest BCUT2D eigenvalue weighted by atomic mass is 32.1. The molecule has 0 aromatic carbocycles. The van der Waals surface area contributed by atoms with Gasteiger partial charge in [0.25, 0.3) is 0 Å². The van der Waals surface area contributed by atoms with E-state index in [1.165, 1.54) is 12.8 Å². The fourth-order valence-corrected chi connectivity index (χ4v) is 3.41. The predicted octanol–water partition coefficient (Wildman–Crippen LogP) is 3.15. The second kappa shape index (κ2) is 6.80. The first-order valence-corrected chi connectivity index (χ1v) is 8.33.